The summed E-state index contributed by atoms with van der Waals surface area (Å²) in [5, 5.41) is 17.4. The van der Waals surface area contributed by atoms with Crippen LogP contribution in [0, 0.1) is 6.92 Å². The zero-order valence-electron chi connectivity index (χ0n) is 8.68. The van der Waals surface area contributed by atoms with Crippen LogP contribution >= 0.6 is 27.3 Å². The fourth-order valence-corrected chi connectivity index (χ4v) is 4.71. The maximum atomic E-state index is 11.8. The Bertz CT molecular complexity index is 524. The van der Waals surface area contributed by atoms with E-state index in [4.69, 9.17) is 10.2 Å². The molecule has 0 unspecified atom stereocenters. The van der Waals surface area contributed by atoms with Crippen LogP contribution in [0.1, 0.15) is 4.88 Å². The summed E-state index contributed by atoms with van der Waals surface area (Å²) in [7, 11) is -3.94. The molecule has 1 aromatic rings. The van der Waals surface area contributed by atoms with Gasteiger partial charge in [-0.15, -0.1) is 11.3 Å². The van der Waals surface area contributed by atoms with Crippen LogP contribution in [0.4, 0.5) is 0 Å². The molecule has 6 nitrogen and oxygen atoms in total. The Hall–Kier alpha value is -0.480. The van der Waals surface area contributed by atoms with Gasteiger partial charge in [0.25, 0.3) is 0 Å². The largest absolute Gasteiger partial charge is 0.480 e. The van der Waals surface area contributed by atoms with Gasteiger partial charge in [-0.3, -0.25) is 4.79 Å². The molecule has 1 atom stereocenters. The van der Waals surface area contributed by atoms with Gasteiger partial charge in [0.05, 0.1) is 15.3 Å². The maximum Gasteiger partial charge on any atom is 0.324 e. The molecule has 0 spiro atoms. The van der Waals surface area contributed by atoms with Gasteiger partial charge in [0, 0.05) is 4.88 Å². The molecule has 0 amide bonds. The van der Waals surface area contributed by atoms with E-state index >= 15 is 0 Å². The van der Waals surface area contributed by atoms with Crippen LogP contribution in [-0.2, 0) is 14.8 Å². The summed E-state index contributed by atoms with van der Waals surface area (Å²) in [6.07, 6.45) is 0. The number of aryl methyl sites for hydroxylation is 1. The van der Waals surface area contributed by atoms with Crippen molar-refractivity contribution in [3.8, 4) is 0 Å². The molecule has 3 N–H and O–H groups in total. The minimum atomic E-state index is -3.94. The van der Waals surface area contributed by atoms with Crippen LogP contribution in [0.15, 0.2) is 14.7 Å². The number of aliphatic hydroxyl groups is 1. The van der Waals surface area contributed by atoms with Gasteiger partial charge in [-0.05, 0) is 28.9 Å². The van der Waals surface area contributed by atoms with Crippen LogP contribution in [0.5, 0.6) is 0 Å². The van der Waals surface area contributed by atoms with Crippen molar-refractivity contribution >= 4 is 43.3 Å². The first-order valence-electron chi connectivity index (χ1n) is 4.40. The lowest BCUT2D eigenvalue weighted by Gasteiger charge is -2.11. The first-order valence-corrected chi connectivity index (χ1v) is 7.49. The number of halogens is 1. The monoisotopic (exact) mass is 343 g/mol. The molecule has 0 radical (unpaired) electrons. The van der Waals surface area contributed by atoms with Crippen LogP contribution in [0.3, 0.4) is 0 Å². The lowest BCUT2D eigenvalue weighted by molar-refractivity contribution is -0.139. The number of aliphatic hydroxyl groups excluding tert-OH is 1. The van der Waals surface area contributed by atoms with E-state index in [1.54, 1.807) is 6.92 Å². The van der Waals surface area contributed by atoms with E-state index in [-0.39, 0.29) is 4.90 Å². The highest BCUT2D eigenvalue weighted by Gasteiger charge is 2.26. The molecular formula is C8H10BrNO5S2. The highest BCUT2D eigenvalue weighted by Crippen LogP contribution is 2.29. The molecule has 1 heterocycles. The van der Waals surface area contributed by atoms with E-state index in [1.165, 1.54) is 17.4 Å². The molecule has 96 valence electrons. The SMILES string of the molecule is Cc1sc(Br)cc1S(=O)(=O)N[C@H](CO)C(=O)O. The number of carboxylic acid groups (broad SMARTS) is 1. The van der Waals surface area contributed by atoms with Crippen LogP contribution in [-0.4, -0.2) is 37.2 Å². The van der Waals surface area contributed by atoms with Crippen molar-refractivity contribution in [2.24, 2.45) is 0 Å². The fourth-order valence-electron chi connectivity index (χ4n) is 1.11. The van der Waals surface area contributed by atoms with E-state index in [9.17, 15) is 13.2 Å². The molecule has 0 aliphatic rings. The van der Waals surface area contributed by atoms with Crippen molar-refractivity contribution in [1.29, 1.82) is 0 Å². The summed E-state index contributed by atoms with van der Waals surface area (Å²) in [5.41, 5.74) is 0. The number of hydrogen-bond donors (Lipinski definition) is 3. The molecule has 0 fully saturated rings. The highest BCUT2D eigenvalue weighted by molar-refractivity contribution is 9.11. The smallest absolute Gasteiger partial charge is 0.324 e. The van der Waals surface area contributed by atoms with Gasteiger partial charge in [-0.25, -0.2) is 8.42 Å². The van der Waals surface area contributed by atoms with E-state index in [0.29, 0.717) is 8.66 Å². The number of thiophene rings is 1. The zero-order valence-corrected chi connectivity index (χ0v) is 11.9. The minimum absolute atomic E-state index is 0.00840. The van der Waals surface area contributed by atoms with Gasteiger partial charge >= 0.3 is 5.97 Å². The predicted molar refractivity (Wildman–Crippen MR) is 65.6 cm³/mol. The van der Waals surface area contributed by atoms with Crippen LogP contribution in [0.25, 0.3) is 0 Å². The minimum Gasteiger partial charge on any atom is -0.480 e. The molecule has 0 saturated heterocycles. The third-order valence-corrected chi connectivity index (χ3v) is 5.19. The summed E-state index contributed by atoms with van der Waals surface area (Å²) in [4.78, 5) is 11.2. The van der Waals surface area contributed by atoms with Gasteiger partial charge in [0.1, 0.15) is 6.04 Å². The predicted octanol–water partition coefficient (Wildman–Crippen LogP) is 0.543. The van der Waals surface area contributed by atoms with Crippen molar-refractivity contribution < 1.29 is 23.4 Å². The molecular weight excluding hydrogens is 334 g/mol. The Balaban J connectivity index is 3.04. The molecule has 17 heavy (non-hydrogen) atoms. The average Bonchev–Trinajstić information content (AvgIpc) is 2.54. The van der Waals surface area contributed by atoms with Gasteiger partial charge in [0.2, 0.25) is 10.0 Å². The lowest BCUT2D eigenvalue weighted by atomic mass is 10.3. The Morgan fingerprint density at radius 3 is 2.59 bits per heavy atom. The molecule has 1 rings (SSSR count). The van der Waals surface area contributed by atoms with Gasteiger partial charge < -0.3 is 10.2 Å². The van der Waals surface area contributed by atoms with Crippen LogP contribution in [0.2, 0.25) is 0 Å². The molecule has 1 aromatic heterocycles. The number of sulfonamides is 1. The quantitative estimate of drug-likeness (QED) is 0.723. The maximum absolute atomic E-state index is 11.8. The standard InChI is InChI=1S/C8H10BrNO5S2/c1-4-6(2-7(9)16-4)17(14,15)10-5(3-11)8(12)13/h2,5,10-11H,3H2,1H3,(H,12,13)/t5-/m1/s1. The summed E-state index contributed by atoms with van der Waals surface area (Å²) < 4.78 is 26.2. The van der Waals surface area contributed by atoms with E-state index in [1.807, 2.05) is 4.72 Å². The first kappa shape index (κ1) is 14.6. The Morgan fingerprint density at radius 2 is 2.24 bits per heavy atom. The van der Waals surface area contributed by atoms with Crippen molar-refractivity contribution in [2.75, 3.05) is 6.61 Å². The molecule has 0 aliphatic heterocycles. The van der Waals surface area contributed by atoms with Gasteiger partial charge in [-0.1, -0.05) is 0 Å². The Kier molecular flexibility index (Phi) is 4.67. The Labute approximate surface area is 110 Å². The number of carbonyl (C=O) groups is 1. The summed E-state index contributed by atoms with van der Waals surface area (Å²) in [6.45, 7) is 0.803. The third kappa shape index (κ3) is 3.49. The first-order chi connectivity index (χ1) is 7.77. The summed E-state index contributed by atoms with van der Waals surface area (Å²) in [5.74, 6) is -1.43. The number of nitrogens with one attached hydrogen (secondary N) is 1. The number of hydrogen-bond acceptors (Lipinski definition) is 5. The second kappa shape index (κ2) is 5.44. The molecule has 9 heteroatoms. The number of rotatable bonds is 5. The van der Waals surface area contributed by atoms with Crippen molar-refractivity contribution in [3.05, 3.63) is 14.7 Å². The lowest BCUT2D eigenvalue weighted by Crippen LogP contribution is -2.43. The van der Waals surface area contributed by atoms with Gasteiger partial charge in [-0.2, -0.15) is 4.72 Å². The summed E-state index contributed by atoms with van der Waals surface area (Å²) >= 11 is 4.37. The average molecular weight is 344 g/mol. The topological polar surface area (TPSA) is 104 Å². The van der Waals surface area contributed by atoms with E-state index < -0.39 is 28.6 Å². The molecule has 0 bridgehead atoms. The number of carboxylic acids is 1. The van der Waals surface area contributed by atoms with E-state index in [2.05, 4.69) is 15.9 Å². The van der Waals surface area contributed by atoms with Crippen LogP contribution < -0.4 is 4.72 Å². The van der Waals surface area contributed by atoms with Crippen molar-refractivity contribution in [1.82, 2.24) is 4.72 Å². The molecule has 0 aromatic carbocycles. The number of aliphatic carboxylic acids is 1. The van der Waals surface area contributed by atoms with Crippen molar-refractivity contribution in [2.45, 2.75) is 17.9 Å². The summed E-state index contributed by atoms with van der Waals surface area (Å²) in [6, 6.07) is -0.156. The zero-order chi connectivity index (χ0) is 13.2. The Morgan fingerprint density at radius 1 is 1.65 bits per heavy atom. The van der Waals surface area contributed by atoms with E-state index in [0.717, 1.165) is 0 Å². The highest BCUT2D eigenvalue weighted by atomic mass is 79.9. The van der Waals surface area contributed by atoms with Crippen molar-refractivity contribution in [3.63, 3.8) is 0 Å². The molecule has 0 saturated carbocycles. The second-order valence-electron chi connectivity index (χ2n) is 3.17. The second-order valence-corrected chi connectivity index (χ2v) is 7.48. The fraction of sp³-hybridized carbons (Fsp3) is 0.375. The normalized spacial score (nSPS) is 13.6. The molecule has 0 aliphatic carbocycles. The van der Waals surface area contributed by atoms with Gasteiger partial charge in [0.15, 0.2) is 0 Å². The third-order valence-electron chi connectivity index (χ3n) is 1.91.